The standard InChI is InChI=1S/C31H20ClNO4/c32-23-17-9-10-18-24(23)33-28(35)25-26(29(33)36)31(20-13-5-2-6-14-20)27(34)21-15-7-8-16-22(21)30(25,37-31)19-11-3-1-4-12-19/h1-18,25-26H/t25-,26-,30-,31-/m1/s1. The normalized spacial score (nSPS) is 27.8. The summed E-state index contributed by atoms with van der Waals surface area (Å²) in [7, 11) is 0. The molecule has 5 nitrogen and oxygen atoms in total. The number of carbonyl (C=O) groups is 3. The number of fused-ring (bicyclic) bond motifs is 7. The van der Waals surface area contributed by atoms with Gasteiger partial charge in [0.1, 0.15) is 5.60 Å². The second kappa shape index (κ2) is 7.72. The van der Waals surface area contributed by atoms with Crippen molar-refractivity contribution in [1.29, 1.82) is 0 Å². The maximum atomic E-state index is 14.4. The first-order chi connectivity index (χ1) is 18.0. The summed E-state index contributed by atoms with van der Waals surface area (Å²) in [6.45, 7) is 0. The molecule has 0 spiro atoms. The number of ketones is 1. The Bertz CT molecular complexity index is 1600. The number of halogens is 1. The molecule has 7 rings (SSSR count). The number of benzene rings is 4. The summed E-state index contributed by atoms with van der Waals surface area (Å²) >= 11 is 6.48. The number of carbonyl (C=O) groups excluding carboxylic acids is 3. The number of imide groups is 1. The molecule has 2 amide bonds. The zero-order valence-electron chi connectivity index (χ0n) is 19.5. The first-order valence-corrected chi connectivity index (χ1v) is 12.5. The quantitative estimate of drug-likeness (QED) is 0.344. The second-order valence-electron chi connectivity index (χ2n) is 9.60. The smallest absolute Gasteiger partial charge is 0.241 e. The lowest BCUT2D eigenvalue weighted by atomic mass is 9.72. The zero-order valence-corrected chi connectivity index (χ0v) is 20.3. The molecule has 2 fully saturated rings. The van der Waals surface area contributed by atoms with Gasteiger partial charge in [-0.05, 0) is 23.3 Å². The SMILES string of the molecule is O=C1[C@H]2[C@H](C(=O)N1c1ccccc1Cl)[C@@]1(c3ccccc3)O[C@]2(c2ccccc2)c2ccccc2C1=O. The molecule has 180 valence electrons. The highest BCUT2D eigenvalue weighted by Gasteiger charge is 2.78. The van der Waals surface area contributed by atoms with Crippen LogP contribution in [0.1, 0.15) is 27.0 Å². The van der Waals surface area contributed by atoms with Gasteiger partial charge in [-0.15, -0.1) is 0 Å². The zero-order chi connectivity index (χ0) is 25.4. The van der Waals surface area contributed by atoms with Crippen molar-refractivity contribution >= 4 is 34.9 Å². The molecule has 0 radical (unpaired) electrons. The van der Waals surface area contributed by atoms with E-state index >= 15 is 0 Å². The average Bonchev–Trinajstić information content (AvgIpc) is 3.39. The lowest BCUT2D eigenvalue weighted by Crippen LogP contribution is -2.51. The van der Waals surface area contributed by atoms with Crippen molar-refractivity contribution < 1.29 is 19.1 Å². The molecule has 0 aromatic heterocycles. The highest BCUT2D eigenvalue weighted by atomic mass is 35.5. The van der Waals surface area contributed by atoms with Gasteiger partial charge in [0.2, 0.25) is 17.6 Å². The van der Waals surface area contributed by atoms with Crippen molar-refractivity contribution in [3.63, 3.8) is 0 Å². The number of para-hydroxylation sites is 1. The maximum Gasteiger partial charge on any atom is 0.241 e. The predicted octanol–water partition coefficient (Wildman–Crippen LogP) is 5.51. The van der Waals surface area contributed by atoms with E-state index in [1.54, 1.807) is 48.5 Å². The van der Waals surface area contributed by atoms with Crippen LogP contribution in [0, 0.1) is 11.8 Å². The van der Waals surface area contributed by atoms with Crippen molar-refractivity contribution in [1.82, 2.24) is 0 Å². The summed E-state index contributed by atoms with van der Waals surface area (Å²) in [6.07, 6.45) is 0. The fourth-order valence-corrected chi connectivity index (χ4v) is 6.71. The van der Waals surface area contributed by atoms with Crippen molar-refractivity contribution in [3.8, 4) is 0 Å². The minimum Gasteiger partial charge on any atom is -0.344 e. The minimum absolute atomic E-state index is 0.282. The van der Waals surface area contributed by atoms with E-state index in [9.17, 15) is 14.4 Å². The van der Waals surface area contributed by atoms with Crippen LogP contribution in [0.15, 0.2) is 109 Å². The van der Waals surface area contributed by atoms with Crippen LogP contribution in [0.2, 0.25) is 5.02 Å². The van der Waals surface area contributed by atoms with Crippen LogP contribution in [0.5, 0.6) is 0 Å². The topological polar surface area (TPSA) is 63.7 Å². The third kappa shape index (κ3) is 2.65. The fraction of sp³-hybridized carbons (Fsp3) is 0.129. The first-order valence-electron chi connectivity index (χ1n) is 12.1. The maximum absolute atomic E-state index is 14.4. The predicted molar refractivity (Wildman–Crippen MR) is 138 cm³/mol. The minimum atomic E-state index is -1.68. The van der Waals surface area contributed by atoms with Crippen LogP contribution in [-0.4, -0.2) is 17.6 Å². The number of anilines is 1. The van der Waals surface area contributed by atoms with Crippen LogP contribution >= 0.6 is 11.6 Å². The van der Waals surface area contributed by atoms with E-state index in [4.69, 9.17) is 16.3 Å². The van der Waals surface area contributed by atoms with Gasteiger partial charge in [-0.3, -0.25) is 14.4 Å². The molecule has 3 aliphatic heterocycles. The number of Topliss-reactive ketones (excluding diaryl/α,β-unsaturated/α-hetero) is 1. The largest absolute Gasteiger partial charge is 0.344 e. The van der Waals surface area contributed by atoms with E-state index in [0.29, 0.717) is 27.9 Å². The summed E-state index contributed by atoms with van der Waals surface area (Å²) < 4.78 is 6.95. The van der Waals surface area contributed by atoms with Crippen LogP contribution < -0.4 is 4.90 Å². The van der Waals surface area contributed by atoms with E-state index < -0.39 is 34.9 Å². The Kier molecular flexibility index (Phi) is 4.62. The highest BCUT2D eigenvalue weighted by Crippen LogP contribution is 2.66. The van der Waals surface area contributed by atoms with Gasteiger partial charge in [-0.1, -0.05) is 109 Å². The van der Waals surface area contributed by atoms with Crippen molar-refractivity contribution in [3.05, 3.63) is 136 Å². The molecule has 0 N–H and O–H groups in total. The molecule has 3 aliphatic rings. The van der Waals surface area contributed by atoms with Gasteiger partial charge in [0.05, 0.1) is 22.5 Å². The third-order valence-corrected chi connectivity index (χ3v) is 8.23. The molecule has 37 heavy (non-hydrogen) atoms. The third-order valence-electron chi connectivity index (χ3n) is 7.91. The Morgan fingerprint density at radius 3 is 1.78 bits per heavy atom. The summed E-state index contributed by atoms with van der Waals surface area (Å²) in [6, 6.07) is 32.4. The Morgan fingerprint density at radius 1 is 0.622 bits per heavy atom. The Morgan fingerprint density at radius 2 is 1.14 bits per heavy atom. The molecule has 0 saturated carbocycles. The van der Waals surface area contributed by atoms with E-state index in [2.05, 4.69) is 0 Å². The molecular formula is C31H20ClNO4. The van der Waals surface area contributed by atoms with Gasteiger partial charge in [0.25, 0.3) is 0 Å². The lowest BCUT2D eigenvalue weighted by Gasteiger charge is -2.43. The van der Waals surface area contributed by atoms with E-state index in [1.807, 2.05) is 60.7 Å². The monoisotopic (exact) mass is 505 g/mol. The second-order valence-corrected chi connectivity index (χ2v) is 10.0. The molecular weight excluding hydrogens is 486 g/mol. The molecule has 3 heterocycles. The van der Waals surface area contributed by atoms with Crippen LogP contribution in [0.4, 0.5) is 5.69 Å². The Labute approximate surface area is 218 Å². The van der Waals surface area contributed by atoms with Gasteiger partial charge in [0.15, 0.2) is 5.60 Å². The van der Waals surface area contributed by atoms with Gasteiger partial charge >= 0.3 is 0 Å². The molecule has 6 heteroatoms. The van der Waals surface area contributed by atoms with Gasteiger partial charge in [0, 0.05) is 11.1 Å². The van der Waals surface area contributed by atoms with Gasteiger partial charge < -0.3 is 4.74 Å². The van der Waals surface area contributed by atoms with E-state index in [-0.39, 0.29) is 10.8 Å². The van der Waals surface area contributed by atoms with Crippen molar-refractivity contribution in [2.75, 3.05) is 4.90 Å². The number of rotatable bonds is 3. The number of amides is 2. The fourth-order valence-electron chi connectivity index (χ4n) is 6.49. The van der Waals surface area contributed by atoms with E-state index in [0.717, 1.165) is 4.90 Å². The average molecular weight is 506 g/mol. The molecule has 0 aliphatic carbocycles. The lowest BCUT2D eigenvalue weighted by molar-refractivity contribution is -0.136. The summed E-state index contributed by atoms with van der Waals surface area (Å²) in [4.78, 5) is 44.4. The van der Waals surface area contributed by atoms with E-state index in [1.165, 1.54) is 0 Å². The molecule has 0 unspecified atom stereocenters. The Balaban J connectivity index is 1.59. The van der Waals surface area contributed by atoms with Crippen LogP contribution in [-0.2, 0) is 25.5 Å². The molecule has 2 bridgehead atoms. The summed E-state index contributed by atoms with van der Waals surface area (Å²) in [5.74, 6) is -3.32. The van der Waals surface area contributed by atoms with Crippen molar-refractivity contribution in [2.24, 2.45) is 11.8 Å². The first kappa shape index (κ1) is 22.2. The highest BCUT2D eigenvalue weighted by molar-refractivity contribution is 6.36. The molecule has 2 saturated heterocycles. The van der Waals surface area contributed by atoms with Crippen LogP contribution in [0.25, 0.3) is 0 Å². The Hall–Kier alpha value is -4.06. The number of hydrogen-bond acceptors (Lipinski definition) is 4. The molecule has 4 aromatic carbocycles. The number of hydrogen-bond donors (Lipinski definition) is 0. The van der Waals surface area contributed by atoms with Gasteiger partial charge in [-0.2, -0.15) is 0 Å². The summed E-state index contributed by atoms with van der Waals surface area (Å²) in [5.41, 5.74) is -0.421. The molecule has 4 aromatic rings. The van der Waals surface area contributed by atoms with Crippen LogP contribution in [0.3, 0.4) is 0 Å². The van der Waals surface area contributed by atoms with Crippen molar-refractivity contribution in [2.45, 2.75) is 11.2 Å². The molecule has 4 atom stereocenters. The number of nitrogens with zero attached hydrogens (tertiary/aromatic N) is 1. The van der Waals surface area contributed by atoms with Gasteiger partial charge in [-0.25, -0.2) is 4.90 Å². The number of ether oxygens (including phenoxy) is 1. The summed E-state index contributed by atoms with van der Waals surface area (Å²) in [5, 5.41) is 0.282.